The molecule has 2 aromatic rings. The van der Waals surface area contributed by atoms with Crippen LogP contribution in [-0.4, -0.2) is 46.3 Å². The fourth-order valence-corrected chi connectivity index (χ4v) is 4.89. The molecule has 1 aliphatic heterocycles. The second-order valence-electron chi connectivity index (χ2n) is 7.40. The molecular weight excluding hydrogens is 435 g/mol. The summed E-state index contributed by atoms with van der Waals surface area (Å²) in [5, 5.41) is 8.74. The number of likely N-dealkylation sites (N-methyl/N-ethyl adjacent to an activating group) is 1. The minimum Gasteiger partial charge on any atom is -0.493 e. The number of unbranched alkanes of at least 4 members (excludes halogenated alkanes) is 1. The van der Waals surface area contributed by atoms with Crippen LogP contribution in [0.15, 0.2) is 59.4 Å². The van der Waals surface area contributed by atoms with E-state index < -0.39 is 22.8 Å². The number of ether oxygens (including phenoxy) is 2. The van der Waals surface area contributed by atoms with Crippen LogP contribution in [0.3, 0.4) is 0 Å². The van der Waals surface area contributed by atoms with Gasteiger partial charge in [-0.05, 0) is 18.6 Å². The molecule has 2 unspecified atom stereocenters. The van der Waals surface area contributed by atoms with E-state index in [1.54, 1.807) is 6.07 Å². The normalized spacial score (nSPS) is 19.2. The van der Waals surface area contributed by atoms with Crippen LogP contribution in [0.2, 0.25) is 0 Å². The van der Waals surface area contributed by atoms with Crippen LogP contribution < -0.4 is 14.4 Å². The minimum atomic E-state index is -1.74. The van der Waals surface area contributed by atoms with E-state index in [0.29, 0.717) is 23.4 Å². The topological polar surface area (TPSA) is 79.3 Å². The van der Waals surface area contributed by atoms with E-state index in [4.69, 9.17) is 14.6 Å². The lowest BCUT2D eigenvalue weighted by Gasteiger charge is -2.29. The summed E-state index contributed by atoms with van der Waals surface area (Å²) in [4.78, 5) is 13.3. The molecule has 1 heterocycles. The predicted octanol–water partition coefficient (Wildman–Crippen LogP) is 4.63. The Morgan fingerprint density at radius 1 is 1.28 bits per heavy atom. The first kappa shape index (κ1) is 23.7. The van der Waals surface area contributed by atoms with Crippen molar-refractivity contribution in [2.24, 2.45) is 0 Å². The summed E-state index contributed by atoms with van der Waals surface area (Å²) in [5.74, 6) is -2.85. The van der Waals surface area contributed by atoms with Crippen LogP contribution in [0.4, 0.5) is 15.8 Å². The molecule has 1 N–H and O–H groups in total. The van der Waals surface area contributed by atoms with Gasteiger partial charge >= 0.3 is 5.97 Å². The summed E-state index contributed by atoms with van der Waals surface area (Å²) in [6, 6.07) is 13.0. The van der Waals surface area contributed by atoms with Crippen LogP contribution in [0.25, 0.3) is 0 Å². The lowest BCUT2D eigenvalue weighted by Crippen LogP contribution is -2.38. The number of hydrogen-bond acceptors (Lipinski definition) is 5. The summed E-state index contributed by atoms with van der Waals surface area (Å²) in [7, 11) is 1.73. The van der Waals surface area contributed by atoms with E-state index in [-0.39, 0.29) is 17.5 Å². The molecule has 0 bridgehead atoms. The number of benzene rings is 2. The number of carboxylic acids is 1. The third kappa shape index (κ3) is 5.11. The quantitative estimate of drug-likeness (QED) is 0.455. The van der Waals surface area contributed by atoms with Crippen molar-refractivity contribution >= 4 is 28.3 Å². The molecule has 0 amide bonds. The molecular formula is C23H27FN2O5S. The molecule has 32 heavy (non-hydrogen) atoms. The Morgan fingerprint density at radius 3 is 2.62 bits per heavy atom. The molecule has 0 spiro atoms. The Bertz CT molecular complexity index is 1010. The fraction of sp³-hybridized carbons (Fsp3) is 0.348. The number of rotatable bonds is 8. The Hall–Kier alpha value is -2.91. The van der Waals surface area contributed by atoms with Crippen molar-refractivity contribution < 1.29 is 28.0 Å². The van der Waals surface area contributed by atoms with Crippen LogP contribution in [0, 0.1) is 0 Å². The SMILES string of the molecule is CCCCC1CN(c2ccccc2)c2cc(OC)c(O/C=C(\F)C(=O)O)cc2S(=O)N1C. The smallest absolute Gasteiger partial charge is 0.368 e. The van der Waals surface area contributed by atoms with Gasteiger partial charge in [-0.15, -0.1) is 0 Å². The average Bonchev–Trinajstić information content (AvgIpc) is 2.90. The highest BCUT2D eigenvalue weighted by Gasteiger charge is 2.32. The monoisotopic (exact) mass is 462 g/mol. The lowest BCUT2D eigenvalue weighted by molar-refractivity contribution is -0.134. The van der Waals surface area contributed by atoms with Gasteiger partial charge in [-0.1, -0.05) is 38.0 Å². The minimum absolute atomic E-state index is 0.0307. The maximum absolute atomic E-state index is 13.5. The number of carboxylic acid groups (broad SMARTS) is 1. The summed E-state index contributed by atoms with van der Waals surface area (Å²) in [5.41, 5.74) is 1.63. The highest BCUT2D eigenvalue weighted by atomic mass is 32.2. The van der Waals surface area contributed by atoms with E-state index >= 15 is 0 Å². The molecule has 0 saturated carbocycles. The largest absolute Gasteiger partial charge is 0.493 e. The molecule has 1 aliphatic rings. The first-order valence-corrected chi connectivity index (χ1v) is 11.4. The number of fused-ring (bicyclic) bond motifs is 1. The number of hydrogen-bond donors (Lipinski definition) is 1. The number of aliphatic carboxylic acids is 1. The van der Waals surface area contributed by atoms with E-state index in [1.165, 1.54) is 13.2 Å². The standard InChI is InChI=1S/C23H27FN2O5S/c1-4-5-9-17-14-26(16-10-7-6-8-11-16)19-12-20(30-3)21(31-15-18(24)23(27)28)13-22(19)32(29)25(17)2/h6-8,10-13,15,17H,4-5,9,14H2,1-3H3,(H,27,28)/b18-15-. The van der Waals surface area contributed by atoms with Crippen molar-refractivity contribution in [3.8, 4) is 11.5 Å². The van der Waals surface area contributed by atoms with Crippen molar-refractivity contribution in [1.82, 2.24) is 4.31 Å². The van der Waals surface area contributed by atoms with Crippen molar-refractivity contribution in [3.63, 3.8) is 0 Å². The predicted molar refractivity (Wildman–Crippen MR) is 121 cm³/mol. The number of nitrogens with zero attached hydrogens (tertiary/aromatic N) is 2. The molecule has 7 nitrogen and oxygen atoms in total. The average molecular weight is 463 g/mol. The van der Waals surface area contributed by atoms with Crippen LogP contribution >= 0.6 is 0 Å². The highest BCUT2D eigenvalue weighted by molar-refractivity contribution is 7.82. The van der Waals surface area contributed by atoms with Gasteiger partial charge in [0.15, 0.2) is 11.5 Å². The molecule has 0 radical (unpaired) electrons. The van der Waals surface area contributed by atoms with E-state index in [2.05, 4.69) is 11.8 Å². The van der Waals surface area contributed by atoms with E-state index in [1.807, 2.05) is 41.7 Å². The molecule has 172 valence electrons. The first-order chi connectivity index (χ1) is 15.4. The van der Waals surface area contributed by atoms with Crippen LogP contribution in [0.1, 0.15) is 26.2 Å². The number of para-hydroxylation sites is 1. The second kappa shape index (κ2) is 10.6. The second-order valence-corrected chi connectivity index (χ2v) is 8.91. The summed E-state index contributed by atoms with van der Waals surface area (Å²) in [6.45, 7) is 2.74. The number of anilines is 2. The van der Waals surface area contributed by atoms with E-state index in [9.17, 15) is 13.4 Å². The van der Waals surface area contributed by atoms with E-state index in [0.717, 1.165) is 24.9 Å². The Balaban J connectivity index is 2.13. The molecule has 0 aliphatic carbocycles. The molecule has 0 fully saturated rings. The Labute approximate surface area is 189 Å². The molecule has 3 rings (SSSR count). The molecule has 2 aromatic carbocycles. The summed E-state index contributed by atoms with van der Waals surface area (Å²) >= 11 is 0. The van der Waals surface area contributed by atoms with Gasteiger partial charge in [-0.2, -0.15) is 4.39 Å². The van der Waals surface area contributed by atoms with Gasteiger partial charge in [-0.3, -0.25) is 0 Å². The van der Waals surface area contributed by atoms with Gasteiger partial charge in [0.2, 0.25) is 5.83 Å². The van der Waals surface area contributed by atoms with Gasteiger partial charge in [0.1, 0.15) is 17.2 Å². The van der Waals surface area contributed by atoms with Gasteiger partial charge in [0.05, 0.1) is 17.7 Å². The van der Waals surface area contributed by atoms with Gasteiger partial charge in [0.25, 0.3) is 0 Å². The summed E-state index contributed by atoms with van der Waals surface area (Å²) < 4.78 is 39.5. The zero-order chi connectivity index (χ0) is 23.3. The van der Waals surface area contributed by atoms with Gasteiger partial charge in [-0.25, -0.2) is 13.3 Å². The van der Waals surface area contributed by atoms with Gasteiger partial charge in [0, 0.05) is 37.5 Å². The zero-order valence-electron chi connectivity index (χ0n) is 18.3. The van der Waals surface area contributed by atoms with Crippen molar-refractivity contribution in [2.45, 2.75) is 37.1 Å². The first-order valence-electron chi connectivity index (χ1n) is 10.3. The van der Waals surface area contributed by atoms with Crippen LogP contribution in [0.5, 0.6) is 11.5 Å². The molecule has 9 heteroatoms. The fourth-order valence-electron chi connectivity index (χ4n) is 3.58. The number of carbonyl (C=O) groups is 1. The molecule has 0 aromatic heterocycles. The van der Waals surface area contributed by atoms with Crippen molar-refractivity contribution in [3.05, 3.63) is 54.6 Å². The van der Waals surface area contributed by atoms with Crippen molar-refractivity contribution in [2.75, 3.05) is 25.6 Å². The summed E-state index contributed by atoms with van der Waals surface area (Å²) in [6.07, 6.45) is 3.41. The Kier molecular flexibility index (Phi) is 7.87. The number of halogens is 1. The lowest BCUT2D eigenvalue weighted by atomic mass is 10.1. The third-order valence-electron chi connectivity index (χ3n) is 5.35. The molecule has 0 saturated heterocycles. The maximum Gasteiger partial charge on any atom is 0.368 e. The molecule has 2 atom stereocenters. The third-order valence-corrected chi connectivity index (χ3v) is 6.87. The highest BCUT2D eigenvalue weighted by Crippen LogP contribution is 2.42. The Morgan fingerprint density at radius 2 is 2.00 bits per heavy atom. The van der Waals surface area contributed by atoms with Crippen LogP contribution in [-0.2, 0) is 15.8 Å². The zero-order valence-corrected chi connectivity index (χ0v) is 19.1. The van der Waals surface area contributed by atoms with Gasteiger partial charge < -0.3 is 19.5 Å². The number of methoxy groups -OCH3 is 1. The maximum atomic E-state index is 13.5. The van der Waals surface area contributed by atoms with Crippen molar-refractivity contribution in [1.29, 1.82) is 0 Å².